The summed E-state index contributed by atoms with van der Waals surface area (Å²) in [6, 6.07) is 54.4. The van der Waals surface area contributed by atoms with Crippen molar-refractivity contribution in [1.29, 1.82) is 0 Å². The molecule has 4 nitrogen and oxygen atoms in total. The predicted octanol–water partition coefficient (Wildman–Crippen LogP) is 12.3. The van der Waals surface area contributed by atoms with Crippen LogP contribution in [0, 0.1) is 13.1 Å². The molecule has 0 amide bonds. The Morgan fingerprint density at radius 3 is 1.62 bits per heavy atom. The highest BCUT2D eigenvalue weighted by atomic mass is 15.0. The molecule has 7 aromatic carbocycles. The molecule has 0 unspecified atom stereocenters. The highest BCUT2D eigenvalue weighted by Gasteiger charge is 2.19. The van der Waals surface area contributed by atoms with Gasteiger partial charge in [0.25, 0.3) is 0 Å². The molecule has 4 heteroatoms. The Morgan fingerprint density at radius 1 is 0.396 bits per heavy atom. The number of aromatic nitrogens is 2. The Morgan fingerprint density at radius 2 is 0.979 bits per heavy atom. The highest BCUT2D eigenvalue weighted by molar-refractivity contribution is 6.11. The van der Waals surface area contributed by atoms with Crippen LogP contribution in [-0.4, -0.2) is 9.13 Å². The van der Waals surface area contributed by atoms with E-state index >= 15 is 0 Å². The Kier molecular flexibility index (Phi) is 6.22. The lowest BCUT2D eigenvalue weighted by Gasteiger charge is -2.17. The first-order valence-corrected chi connectivity index (χ1v) is 15.8. The number of fused-ring (bicyclic) bond motifs is 6. The Bertz CT molecular complexity index is 2750. The molecule has 222 valence electrons. The van der Waals surface area contributed by atoms with Crippen molar-refractivity contribution < 1.29 is 0 Å². The molecule has 0 radical (unpaired) electrons. The van der Waals surface area contributed by atoms with Gasteiger partial charge < -0.3 is 9.13 Å². The summed E-state index contributed by atoms with van der Waals surface area (Å²) in [7, 11) is 0. The van der Waals surface area contributed by atoms with Crippen LogP contribution in [0.5, 0.6) is 0 Å². The summed E-state index contributed by atoms with van der Waals surface area (Å²) in [6.07, 6.45) is 0. The van der Waals surface area contributed by atoms with E-state index < -0.39 is 0 Å². The number of para-hydroxylation sites is 4. The van der Waals surface area contributed by atoms with Crippen LogP contribution < -0.4 is 0 Å². The van der Waals surface area contributed by atoms with Gasteiger partial charge in [0.2, 0.25) is 5.69 Å². The first-order chi connectivity index (χ1) is 23.7. The zero-order valence-corrected chi connectivity index (χ0v) is 25.8. The molecule has 0 saturated heterocycles. The van der Waals surface area contributed by atoms with Crippen LogP contribution in [0.1, 0.15) is 0 Å². The standard InChI is InChI=1S/C44H26N4/c1-45-32-23-26-38-37-15-5-8-20-42(37)48(43(38)28-32)44-34(16-10-17-39(44)46-2)31-12-9-11-30(27-31)29-21-24-33(25-22-29)47-40-18-6-3-13-35(40)36-14-4-7-19-41(36)47/h3-28H. The van der Waals surface area contributed by atoms with Crippen molar-refractivity contribution in [3.8, 4) is 33.6 Å². The molecule has 0 aliphatic heterocycles. The van der Waals surface area contributed by atoms with Gasteiger partial charge in [0.05, 0.1) is 35.4 Å². The molecule has 0 saturated carbocycles. The zero-order chi connectivity index (χ0) is 32.2. The smallest absolute Gasteiger partial charge is 0.211 e. The number of nitrogens with zero attached hydrogens (tertiary/aromatic N) is 4. The van der Waals surface area contributed by atoms with Crippen molar-refractivity contribution >= 4 is 55.0 Å². The van der Waals surface area contributed by atoms with Crippen LogP contribution in [0.3, 0.4) is 0 Å². The van der Waals surface area contributed by atoms with Crippen molar-refractivity contribution in [2.75, 3.05) is 0 Å². The van der Waals surface area contributed by atoms with Crippen LogP contribution in [0.15, 0.2) is 158 Å². The molecule has 0 spiro atoms. The van der Waals surface area contributed by atoms with E-state index in [4.69, 9.17) is 13.1 Å². The van der Waals surface area contributed by atoms with Crippen molar-refractivity contribution in [2.45, 2.75) is 0 Å². The molecule has 0 N–H and O–H groups in total. The zero-order valence-electron chi connectivity index (χ0n) is 25.8. The fraction of sp³-hybridized carbons (Fsp3) is 0. The van der Waals surface area contributed by atoms with E-state index in [1.807, 2.05) is 42.5 Å². The monoisotopic (exact) mass is 610 g/mol. The second-order valence-electron chi connectivity index (χ2n) is 11.9. The number of rotatable bonds is 4. The lowest BCUT2D eigenvalue weighted by Crippen LogP contribution is -1.98. The van der Waals surface area contributed by atoms with Gasteiger partial charge in [0, 0.05) is 32.7 Å². The molecule has 2 aromatic heterocycles. The maximum absolute atomic E-state index is 8.16. The van der Waals surface area contributed by atoms with Crippen molar-refractivity contribution in [3.63, 3.8) is 0 Å². The largest absolute Gasteiger partial charge is 0.320 e. The summed E-state index contributed by atoms with van der Waals surface area (Å²) in [5.74, 6) is 0. The fourth-order valence-corrected chi connectivity index (χ4v) is 7.23. The van der Waals surface area contributed by atoms with Gasteiger partial charge in [-0.15, -0.1) is 0 Å². The van der Waals surface area contributed by atoms with E-state index in [1.54, 1.807) is 0 Å². The SMILES string of the molecule is [C-]#[N+]c1ccc2c3ccccc3n(-c3c([N+]#[C-])cccc3-c3cccc(-c4ccc(-n5c6ccccc6c6ccccc65)cc4)c3)c2c1. The van der Waals surface area contributed by atoms with E-state index in [2.05, 4.69) is 134 Å². The Balaban J connectivity index is 1.19. The van der Waals surface area contributed by atoms with E-state index in [-0.39, 0.29) is 0 Å². The quantitative estimate of drug-likeness (QED) is 0.177. The number of hydrogen-bond acceptors (Lipinski definition) is 0. The Hall–Kier alpha value is -6.88. The Labute approximate surface area is 277 Å². The molecular formula is C44H26N4. The van der Waals surface area contributed by atoms with Crippen LogP contribution in [-0.2, 0) is 0 Å². The van der Waals surface area contributed by atoms with Crippen LogP contribution in [0.4, 0.5) is 11.4 Å². The summed E-state index contributed by atoms with van der Waals surface area (Å²) in [6.45, 7) is 15.8. The van der Waals surface area contributed by atoms with Gasteiger partial charge in [-0.05, 0) is 64.7 Å². The maximum Gasteiger partial charge on any atom is 0.211 e. The van der Waals surface area contributed by atoms with Crippen molar-refractivity contribution in [2.24, 2.45) is 0 Å². The fourth-order valence-electron chi connectivity index (χ4n) is 7.23. The highest BCUT2D eigenvalue weighted by Crippen LogP contribution is 2.42. The molecule has 0 bridgehead atoms. The van der Waals surface area contributed by atoms with Gasteiger partial charge in [-0.3, -0.25) is 0 Å². The molecule has 0 atom stereocenters. The van der Waals surface area contributed by atoms with Crippen LogP contribution in [0.2, 0.25) is 0 Å². The molecule has 0 aliphatic carbocycles. The first kappa shape index (κ1) is 27.4. The minimum atomic E-state index is 0.560. The minimum absolute atomic E-state index is 0.560. The van der Waals surface area contributed by atoms with Gasteiger partial charge >= 0.3 is 0 Å². The molecular weight excluding hydrogens is 585 g/mol. The van der Waals surface area contributed by atoms with Crippen molar-refractivity contribution in [1.82, 2.24) is 9.13 Å². The van der Waals surface area contributed by atoms with Gasteiger partial charge in [-0.1, -0.05) is 115 Å². The molecule has 9 aromatic rings. The van der Waals surface area contributed by atoms with Gasteiger partial charge in [0.15, 0.2) is 5.69 Å². The number of hydrogen-bond donors (Lipinski definition) is 0. The first-order valence-electron chi connectivity index (χ1n) is 15.8. The summed E-state index contributed by atoms with van der Waals surface area (Å²) >= 11 is 0. The van der Waals surface area contributed by atoms with Gasteiger partial charge in [-0.25, -0.2) is 9.69 Å². The third-order valence-electron chi connectivity index (χ3n) is 9.36. The third kappa shape index (κ3) is 4.14. The molecule has 9 rings (SSSR count). The second-order valence-corrected chi connectivity index (χ2v) is 11.9. The normalized spacial score (nSPS) is 11.3. The van der Waals surface area contributed by atoms with Crippen LogP contribution in [0.25, 0.3) is 86.9 Å². The average Bonchev–Trinajstić information content (AvgIpc) is 3.67. The lowest BCUT2D eigenvalue weighted by atomic mass is 9.97. The van der Waals surface area contributed by atoms with E-state index in [9.17, 15) is 0 Å². The van der Waals surface area contributed by atoms with Gasteiger partial charge in [0.1, 0.15) is 0 Å². The van der Waals surface area contributed by atoms with Crippen LogP contribution >= 0.6 is 0 Å². The van der Waals surface area contributed by atoms with Gasteiger partial charge in [-0.2, -0.15) is 0 Å². The van der Waals surface area contributed by atoms with E-state index in [1.165, 1.54) is 21.8 Å². The van der Waals surface area contributed by atoms with E-state index in [0.29, 0.717) is 11.4 Å². The third-order valence-corrected chi connectivity index (χ3v) is 9.36. The molecule has 48 heavy (non-hydrogen) atoms. The van der Waals surface area contributed by atoms with E-state index in [0.717, 1.165) is 55.4 Å². The summed E-state index contributed by atoms with van der Waals surface area (Å²) in [4.78, 5) is 7.71. The molecule has 0 fully saturated rings. The summed E-state index contributed by atoms with van der Waals surface area (Å²) < 4.78 is 4.49. The predicted molar refractivity (Wildman–Crippen MR) is 199 cm³/mol. The number of benzene rings is 7. The maximum atomic E-state index is 8.16. The summed E-state index contributed by atoms with van der Waals surface area (Å²) in [5, 5.41) is 4.64. The summed E-state index contributed by atoms with van der Waals surface area (Å²) in [5.41, 5.74) is 11.6. The second kappa shape index (κ2) is 10.9. The topological polar surface area (TPSA) is 18.6 Å². The molecule has 0 aliphatic rings. The molecule has 2 heterocycles. The minimum Gasteiger partial charge on any atom is -0.320 e. The lowest BCUT2D eigenvalue weighted by molar-refractivity contribution is 1.18. The van der Waals surface area contributed by atoms with Crippen molar-refractivity contribution in [3.05, 3.63) is 181 Å². The average molecular weight is 611 g/mol.